The molecule has 0 atom stereocenters. The summed E-state index contributed by atoms with van der Waals surface area (Å²) in [5.74, 6) is 0.911. The Labute approximate surface area is 181 Å². The molecule has 148 valence electrons. The molecule has 0 aliphatic rings. The first-order valence-corrected chi connectivity index (χ1v) is 9.91. The number of anilines is 1. The van der Waals surface area contributed by atoms with Gasteiger partial charge in [0.25, 0.3) is 5.91 Å². The van der Waals surface area contributed by atoms with Gasteiger partial charge < -0.3 is 14.2 Å². The second kappa shape index (κ2) is 8.80. The Hall–Kier alpha value is -3.64. The fraction of sp³-hybridized carbons (Fsp3) is 0. The van der Waals surface area contributed by atoms with Gasteiger partial charge in [-0.15, -0.1) is 0 Å². The quantitative estimate of drug-likeness (QED) is 0.264. The maximum Gasteiger partial charge on any atom is 0.291 e. The van der Waals surface area contributed by atoms with E-state index in [2.05, 4.69) is 21.2 Å². The predicted octanol–water partition coefficient (Wildman–Crippen LogP) is 6.45. The van der Waals surface area contributed by atoms with Crippen molar-refractivity contribution in [1.82, 2.24) is 0 Å². The first-order chi connectivity index (χ1) is 14.6. The minimum absolute atomic E-state index is 0.200. The van der Waals surface area contributed by atoms with Gasteiger partial charge in [0.15, 0.2) is 11.5 Å². The van der Waals surface area contributed by atoms with Gasteiger partial charge in [-0.3, -0.25) is 9.59 Å². The molecule has 0 spiro atoms. The van der Waals surface area contributed by atoms with Gasteiger partial charge in [0.1, 0.15) is 11.5 Å². The number of carbonyl (C=O) groups is 2. The molecule has 0 aliphatic carbocycles. The molecule has 0 saturated heterocycles. The van der Waals surface area contributed by atoms with E-state index in [-0.39, 0.29) is 17.5 Å². The Morgan fingerprint density at radius 1 is 0.933 bits per heavy atom. The van der Waals surface area contributed by atoms with Crippen molar-refractivity contribution < 1.29 is 18.4 Å². The number of carbonyl (C=O) groups excluding carboxylic acids is 2. The van der Waals surface area contributed by atoms with Gasteiger partial charge in [0.05, 0.1) is 6.26 Å². The smallest absolute Gasteiger partial charge is 0.291 e. The molecular formula is C24H16BrNO4. The van der Waals surface area contributed by atoms with E-state index in [1.807, 2.05) is 30.3 Å². The molecule has 0 aliphatic heterocycles. The van der Waals surface area contributed by atoms with E-state index < -0.39 is 0 Å². The van der Waals surface area contributed by atoms with Crippen molar-refractivity contribution in [2.24, 2.45) is 0 Å². The zero-order chi connectivity index (χ0) is 20.9. The number of benzene rings is 2. The van der Waals surface area contributed by atoms with E-state index in [0.717, 1.165) is 15.8 Å². The van der Waals surface area contributed by atoms with Crippen molar-refractivity contribution >= 4 is 39.4 Å². The average molecular weight is 462 g/mol. The van der Waals surface area contributed by atoms with Crippen molar-refractivity contribution in [3.8, 4) is 11.3 Å². The normalized spacial score (nSPS) is 11.0. The van der Waals surface area contributed by atoms with Crippen molar-refractivity contribution in [2.75, 3.05) is 5.32 Å². The molecule has 6 heteroatoms. The van der Waals surface area contributed by atoms with E-state index in [4.69, 9.17) is 8.83 Å². The third-order valence-corrected chi connectivity index (χ3v) is 4.83. The molecule has 4 aromatic rings. The minimum atomic E-state index is -0.379. The number of allylic oxidation sites excluding steroid dienone is 1. The van der Waals surface area contributed by atoms with Gasteiger partial charge in [-0.1, -0.05) is 40.2 Å². The highest BCUT2D eigenvalue weighted by molar-refractivity contribution is 9.10. The van der Waals surface area contributed by atoms with Crippen LogP contribution in [0.4, 0.5) is 5.69 Å². The highest BCUT2D eigenvalue weighted by Gasteiger charge is 2.10. The van der Waals surface area contributed by atoms with Crippen LogP contribution in [0.3, 0.4) is 0 Å². The van der Waals surface area contributed by atoms with Gasteiger partial charge in [-0.25, -0.2) is 0 Å². The molecule has 0 bridgehead atoms. The van der Waals surface area contributed by atoms with E-state index in [1.165, 1.54) is 12.3 Å². The second-order valence-electron chi connectivity index (χ2n) is 6.42. The molecule has 2 aromatic carbocycles. The molecule has 4 rings (SSSR count). The zero-order valence-corrected chi connectivity index (χ0v) is 17.3. The van der Waals surface area contributed by atoms with Crippen LogP contribution in [0.2, 0.25) is 0 Å². The van der Waals surface area contributed by atoms with Gasteiger partial charge in [-0.2, -0.15) is 0 Å². The fourth-order valence-electron chi connectivity index (χ4n) is 2.82. The maximum atomic E-state index is 12.5. The number of amides is 1. The van der Waals surface area contributed by atoms with Crippen LogP contribution in [-0.4, -0.2) is 11.7 Å². The van der Waals surface area contributed by atoms with Crippen LogP contribution in [0.1, 0.15) is 26.7 Å². The standard InChI is InChI=1S/C24H16BrNO4/c25-18-8-6-16(7-9-18)22-13-11-20(30-22)10-12-21(27)17-3-1-4-19(15-17)26-24(28)23-5-2-14-29-23/h1-15H,(H,26,28). The summed E-state index contributed by atoms with van der Waals surface area (Å²) in [5, 5.41) is 2.71. The molecule has 30 heavy (non-hydrogen) atoms. The summed E-state index contributed by atoms with van der Waals surface area (Å²) in [7, 11) is 0. The Kier molecular flexibility index (Phi) is 5.77. The number of halogens is 1. The number of furan rings is 2. The Bertz CT molecular complexity index is 1200. The predicted molar refractivity (Wildman–Crippen MR) is 118 cm³/mol. The van der Waals surface area contributed by atoms with Crippen LogP contribution in [0, 0.1) is 0 Å². The number of hydrogen-bond acceptors (Lipinski definition) is 4. The van der Waals surface area contributed by atoms with E-state index >= 15 is 0 Å². The molecule has 0 unspecified atom stereocenters. The molecule has 1 amide bonds. The summed E-state index contributed by atoms with van der Waals surface area (Å²) in [5.41, 5.74) is 1.90. The number of nitrogens with one attached hydrogen (secondary N) is 1. The number of rotatable bonds is 6. The summed E-state index contributed by atoms with van der Waals surface area (Å²) >= 11 is 3.41. The minimum Gasteiger partial charge on any atom is -0.459 e. The second-order valence-corrected chi connectivity index (χ2v) is 7.33. The Balaban J connectivity index is 1.44. The lowest BCUT2D eigenvalue weighted by Gasteiger charge is -2.04. The fourth-order valence-corrected chi connectivity index (χ4v) is 3.08. The van der Waals surface area contributed by atoms with Crippen LogP contribution < -0.4 is 5.32 Å². The lowest BCUT2D eigenvalue weighted by molar-refractivity contribution is 0.0994. The van der Waals surface area contributed by atoms with Crippen LogP contribution in [0.25, 0.3) is 17.4 Å². The molecule has 5 nitrogen and oxygen atoms in total. The van der Waals surface area contributed by atoms with E-state index in [0.29, 0.717) is 17.0 Å². The van der Waals surface area contributed by atoms with Crippen molar-refractivity contribution in [2.45, 2.75) is 0 Å². The maximum absolute atomic E-state index is 12.5. The van der Waals surface area contributed by atoms with Crippen LogP contribution in [0.5, 0.6) is 0 Å². The lowest BCUT2D eigenvalue weighted by Crippen LogP contribution is -2.11. The van der Waals surface area contributed by atoms with Crippen molar-refractivity contribution in [3.63, 3.8) is 0 Å². The van der Waals surface area contributed by atoms with Crippen molar-refractivity contribution in [3.05, 3.63) is 107 Å². The highest BCUT2D eigenvalue weighted by Crippen LogP contribution is 2.24. The SMILES string of the molecule is O=C(C=Cc1ccc(-c2ccc(Br)cc2)o1)c1cccc(NC(=O)c2ccco2)c1. The molecule has 2 aromatic heterocycles. The summed E-state index contributed by atoms with van der Waals surface area (Å²) in [4.78, 5) is 24.6. The van der Waals surface area contributed by atoms with E-state index in [9.17, 15) is 9.59 Å². The summed E-state index contributed by atoms with van der Waals surface area (Å²) in [6.45, 7) is 0. The monoisotopic (exact) mass is 461 g/mol. The van der Waals surface area contributed by atoms with Crippen LogP contribution in [0.15, 0.2) is 98.4 Å². The Morgan fingerprint density at radius 2 is 1.77 bits per heavy atom. The van der Waals surface area contributed by atoms with Gasteiger partial charge in [0, 0.05) is 21.3 Å². The molecule has 2 heterocycles. The summed E-state index contributed by atoms with van der Waals surface area (Å²) in [6.07, 6.45) is 4.49. The first-order valence-electron chi connectivity index (χ1n) is 9.11. The largest absolute Gasteiger partial charge is 0.459 e. The number of hydrogen-bond donors (Lipinski definition) is 1. The van der Waals surface area contributed by atoms with Gasteiger partial charge >= 0.3 is 0 Å². The average Bonchev–Trinajstić information content (AvgIpc) is 3.45. The topological polar surface area (TPSA) is 72.5 Å². The van der Waals surface area contributed by atoms with E-state index in [1.54, 1.807) is 48.5 Å². The highest BCUT2D eigenvalue weighted by atomic mass is 79.9. The molecule has 0 radical (unpaired) electrons. The first kappa shape index (κ1) is 19.7. The van der Waals surface area contributed by atoms with Crippen LogP contribution >= 0.6 is 15.9 Å². The summed E-state index contributed by atoms with van der Waals surface area (Å²) in [6, 6.07) is 21.4. The molecule has 0 fully saturated rings. The van der Waals surface area contributed by atoms with Crippen molar-refractivity contribution in [1.29, 1.82) is 0 Å². The van der Waals surface area contributed by atoms with Gasteiger partial charge in [0.2, 0.25) is 0 Å². The zero-order valence-electron chi connectivity index (χ0n) is 15.7. The van der Waals surface area contributed by atoms with Gasteiger partial charge in [-0.05, 0) is 60.7 Å². The molecular weight excluding hydrogens is 446 g/mol. The lowest BCUT2D eigenvalue weighted by atomic mass is 10.1. The third-order valence-electron chi connectivity index (χ3n) is 4.30. The Morgan fingerprint density at radius 3 is 2.53 bits per heavy atom. The third kappa shape index (κ3) is 4.67. The summed E-state index contributed by atoms with van der Waals surface area (Å²) < 4.78 is 11.9. The van der Waals surface area contributed by atoms with Crippen LogP contribution in [-0.2, 0) is 0 Å². The number of ketones is 1. The molecule has 0 saturated carbocycles. The molecule has 1 N–H and O–H groups in total.